The van der Waals surface area contributed by atoms with Crippen molar-refractivity contribution >= 4 is 22.7 Å². The van der Waals surface area contributed by atoms with Crippen LogP contribution < -0.4 is 15.0 Å². The van der Waals surface area contributed by atoms with Gasteiger partial charge in [0.05, 0.1) is 16.7 Å². The molecule has 0 N–H and O–H groups in total. The average Bonchev–Trinajstić information content (AvgIpc) is 3.30. The summed E-state index contributed by atoms with van der Waals surface area (Å²) in [6.07, 6.45) is 1.95. The summed E-state index contributed by atoms with van der Waals surface area (Å²) in [6.45, 7) is 2.19. The number of rotatable bonds is 5. The van der Waals surface area contributed by atoms with Gasteiger partial charge >= 0.3 is 0 Å². The highest BCUT2D eigenvalue weighted by atomic mass is 32.2. The van der Waals surface area contributed by atoms with Gasteiger partial charge in [-0.25, -0.2) is 4.98 Å². The van der Waals surface area contributed by atoms with Crippen LogP contribution in [-0.2, 0) is 5.75 Å². The third-order valence-corrected chi connectivity index (χ3v) is 6.31. The first-order valence-corrected chi connectivity index (χ1v) is 11.0. The molecule has 2 aromatic carbocycles. The van der Waals surface area contributed by atoms with Crippen LogP contribution in [0.3, 0.4) is 0 Å². The summed E-state index contributed by atoms with van der Waals surface area (Å²) in [5, 5.41) is 5.28. The molecule has 0 unspecified atom stereocenters. The molecule has 0 saturated heterocycles. The van der Waals surface area contributed by atoms with E-state index >= 15 is 0 Å². The Labute approximate surface area is 181 Å². The van der Waals surface area contributed by atoms with Crippen molar-refractivity contribution in [2.75, 3.05) is 6.79 Å². The lowest BCUT2D eigenvalue weighted by molar-refractivity contribution is 0.174. The second kappa shape index (κ2) is 7.12. The Hall–Kier alpha value is -3.33. The summed E-state index contributed by atoms with van der Waals surface area (Å²) in [6, 6.07) is 11.6. The second-order valence-electron chi connectivity index (χ2n) is 7.69. The second-order valence-corrected chi connectivity index (χ2v) is 8.63. The zero-order valence-corrected chi connectivity index (χ0v) is 17.5. The summed E-state index contributed by atoms with van der Waals surface area (Å²) >= 11 is 1.43. The van der Waals surface area contributed by atoms with Gasteiger partial charge in [-0.15, -0.1) is 0 Å². The first-order chi connectivity index (χ1) is 15.2. The molecule has 0 spiro atoms. The molecule has 0 atom stereocenters. The standard InChI is InChI=1S/C22H18N4O4S/c1-12-2-4-13(5-3-12)20-24-19(30-25-20)10-31-22-23-16-9-18-17(28-11-29-18)8-15(16)21(27)26(22)14-6-7-14/h2-5,8-9,14H,6-7,10-11H2,1H3. The number of nitrogens with zero attached hydrogens (tertiary/aromatic N) is 4. The van der Waals surface area contributed by atoms with Crippen molar-refractivity contribution in [3.8, 4) is 22.9 Å². The Bertz CT molecular complexity index is 1360. The summed E-state index contributed by atoms with van der Waals surface area (Å²) in [4.78, 5) is 22.5. The molecule has 1 aliphatic heterocycles. The number of thioether (sulfide) groups is 1. The van der Waals surface area contributed by atoms with Crippen LogP contribution in [0.1, 0.15) is 30.3 Å². The maximum atomic E-state index is 13.2. The molecular formula is C22H18N4O4S. The monoisotopic (exact) mass is 434 g/mol. The number of hydrogen-bond acceptors (Lipinski definition) is 8. The van der Waals surface area contributed by atoms with Crippen LogP contribution in [0.15, 0.2) is 50.9 Å². The van der Waals surface area contributed by atoms with E-state index in [1.54, 1.807) is 16.7 Å². The van der Waals surface area contributed by atoms with E-state index in [4.69, 9.17) is 19.0 Å². The van der Waals surface area contributed by atoms with Gasteiger partial charge in [-0.2, -0.15) is 4.98 Å². The van der Waals surface area contributed by atoms with Gasteiger partial charge in [-0.1, -0.05) is 46.7 Å². The zero-order valence-electron chi connectivity index (χ0n) is 16.7. The van der Waals surface area contributed by atoms with Gasteiger partial charge in [0.2, 0.25) is 18.5 Å². The molecule has 156 valence electrons. The summed E-state index contributed by atoms with van der Waals surface area (Å²) in [5.74, 6) is 2.66. The van der Waals surface area contributed by atoms with E-state index in [0.29, 0.717) is 45.0 Å². The van der Waals surface area contributed by atoms with Crippen LogP contribution >= 0.6 is 11.8 Å². The number of benzene rings is 2. The number of aryl methyl sites for hydroxylation is 1. The SMILES string of the molecule is Cc1ccc(-c2noc(CSc3nc4cc5c(cc4c(=O)n3C3CC3)OCO5)n2)cc1. The van der Waals surface area contributed by atoms with Crippen LogP contribution in [0.25, 0.3) is 22.3 Å². The van der Waals surface area contributed by atoms with E-state index in [2.05, 4.69) is 10.1 Å². The van der Waals surface area contributed by atoms with Crippen LogP contribution in [0, 0.1) is 6.92 Å². The van der Waals surface area contributed by atoms with E-state index in [0.717, 1.165) is 18.4 Å². The minimum absolute atomic E-state index is 0.0563. The first kappa shape index (κ1) is 18.4. The third-order valence-electron chi connectivity index (χ3n) is 5.38. The molecule has 4 aromatic rings. The highest BCUT2D eigenvalue weighted by Gasteiger charge is 2.29. The smallest absolute Gasteiger partial charge is 0.262 e. The lowest BCUT2D eigenvalue weighted by Gasteiger charge is -2.12. The normalized spacial score (nSPS) is 15.0. The predicted octanol–water partition coefficient (Wildman–Crippen LogP) is 4.11. The van der Waals surface area contributed by atoms with Crippen molar-refractivity contribution in [3.05, 3.63) is 58.2 Å². The minimum Gasteiger partial charge on any atom is -0.454 e. The molecule has 1 saturated carbocycles. The number of aromatic nitrogens is 4. The molecule has 3 heterocycles. The van der Waals surface area contributed by atoms with Gasteiger partial charge in [0.25, 0.3) is 5.56 Å². The molecule has 2 aromatic heterocycles. The van der Waals surface area contributed by atoms with Gasteiger partial charge in [0.15, 0.2) is 16.7 Å². The Balaban J connectivity index is 1.32. The number of ether oxygens (including phenoxy) is 2. The van der Waals surface area contributed by atoms with Gasteiger partial charge in [-0.3, -0.25) is 9.36 Å². The highest BCUT2D eigenvalue weighted by molar-refractivity contribution is 7.98. The molecule has 1 aliphatic carbocycles. The molecule has 2 aliphatic rings. The van der Waals surface area contributed by atoms with Crippen molar-refractivity contribution < 1.29 is 14.0 Å². The van der Waals surface area contributed by atoms with Crippen molar-refractivity contribution in [3.63, 3.8) is 0 Å². The van der Waals surface area contributed by atoms with Crippen molar-refractivity contribution in [1.29, 1.82) is 0 Å². The fourth-order valence-corrected chi connectivity index (χ4v) is 4.49. The fourth-order valence-electron chi connectivity index (χ4n) is 3.58. The molecule has 8 nitrogen and oxygen atoms in total. The van der Waals surface area contributed by atoms with Crippen molar-refractivity contribution in [1.82, 2.24) is 19.7 Å². The topological polar surface area (TPSA) is 92.3 Å². The minimum atomic E-state index is -0.0563. The van der Waals surface area contributed by atoms with Gasteiger partial charge < -0.3 is 14.0 Å². The molecule has 0 bridgehead atoms. The Morgan fingerprint density at radius 3 is 2.65 bits per heavy atom. The molecule has 0 amide bonds. The van der Waals surface area contributed by atoms with Crippen LogP contribution in [0.2, 0.25) is 0 Å². The first-order valence-electron chi connectivity index (χ1n) is 10.0. The number of fused-ring (bicyclic) bond motifs is 2. The van der Waals surface area contributed by atoms with Gasteiger partial charge in [-0.05, 0) is 25.8 Å². The third kappa shape index (κ3) is 3.34. The summed E-state index contributed by atoms with van der Waals surface area (Å²) in [7, 11) is 0. The van der Waals surface area contributed by atoms with E-state index in [-0.39, 0.29) is 18.4 Å². The van der Waals surface area contributed by atoms with E-state index in [1.807, 2.05) is 31.2 Å². The lowest BCUT2D eigenvalue weighted by atomic mass is 10.1. The molecule has 0 radical (unpaired) electrons. The van der Waals surface area contributed by atoms with Gasteiger partial charge in [0.1, 0.15) is 0 Å². The largest absolute Gasteiger partial charge is 0.454 e. The Morgan fingerprint density at radius 1 is 1.10 bits per heavy atom. The van der Waals surface area contributed by atoms with Crippen molar-refractivity contribution in [2.45, 2.75) is 36.7 Å². The highest BCUT2D eigenvalue weighted by Crippen LogP contribution is 2.39. The number of hydrogen-bond donors (Lipinski definition) is 0. The molecular weight excluding hydrogens is 416 g/mol. The quantitative estimate of drug-likeness (QED) is 0.342. The maximum absolute atomic E-state index is 13.2. The summed E-state index contributed by atoms with van der Waals surface area (Å²) in [5.41, 5.74) is 2.62. The predicted molar refractivity (Wildman–Crippen MR) is 114 cm³/mol. The maximum Gasteiger partial charge on any atom is 0.262 e. The van der Waals surface area contributed by atoms with Gasteiger partial charge in [0, 0.05) is 17.7 Å². The van der Waals surface area contributed by atoms with E-state index < -0.39 is 0 Å². The molecule has 1 fully saturated rings. The van der Waals surface area contributed by atoms with Crippen LogP contribution in [0.4, 0.5) is 0 Å². The Kier molecular flexibility index (Phi) is 4.24. The lowest BCUT2D eigenvalue weighted by Crippen LogP contribution is -2.22. The summed E-state index contributed by atoms with van der Waals surface area (Å²) < 4.78 is 18.1. The van der Waals surface area contributed by atoms with E-state index in [1.165, 1.54) is 17.3 Å². The fraction of sp³-hybridized carbons (Fsp3) is 0.273. The zero-order chi connectivity index (χ0) is 20.9. The average molecular weight is 434 g/mol. The van der Waals surface area contributed by atoms with Crippen LogP contribution in [-0.4, -0.2) is 26.5 Å². The molecule has 31 heavy (non-hydrogen) atoms. The molecule has 6 rings (SSSR count). The molecule has 9 heteroatoms. The van der Waals surface area contributed by atoms with Crippen molar-refractivity contribution in [2.24, 2.45) is 0 Å². The van der Waals surface area contributed by atoms with Crippen LogP contribution in [0.5, 0.6) is 11.5 Å². The Morgan fingerprint density at radius 2 is 1.87 bits per heavy atom. The van der Waals surface area contributed by atoms with E-state index in [9.17, 15) is 4.79 Å².